The third-order valence-corrected chi connectivity index (χ3v) is 6.15. The van der Waals surface area contributed by atoms with Crippen LogP contribution in [0.2, 0.25) is 0 Å². The lowest BCUT2D eigenvalue weighted by Gasteiger charge is -2.20. The van der Waals surface area contributed by atoms with Crippen molar-refractivity contribution < 1.29 is 17.9 Å². The van der Waals surface area contributed by atoms with E-state index < -0.39 is 10.0 Å². The van der Waals surface area contributed by atoms with Gasteiger partial charge in [-0.25, -0.2) is 8.42 Å². The Morgan fingerprint density at radius 2 is 1.52 bits per heavy atom. The molecule has 0 aliphatic heterocycles. The van der Waals surface area contributed by atoms with Gasteiger partial charge in [0.15, 0.2) is 0 Å². The highest BCUT2D eigenvalue weighted by atomic mass is 32.2. The molecule has 1 saturated carbocycles. The molecule has 2 aromatic carbocycles. The van der Waals surface area contributed by atoms with Crippen LogP contribution in [0, 0.1) is 5.92 Å². The van der Waals surface area contributed by atoms with E-state index in [9.17, 15) is 13.2 Å². The average Bonchev–Trinajstić information content (AvgIpc) is 2.69. The molecule has 3 rings (SSSR count). The lowest BCUT2D eigenvalue weighted by Crippen LogP contribution is -2.24. The van der Waals surface area contributed by atoms with Gasteiger partial charge in [-0.05, 0) is 61.4 Å². The minimum atomic E-state index is -3.70. The number of nitrogens with one attached hydrogen (secondary N) is 2. The van der Waals surface area contributed by atoms with E-state index in [2.05, 4.69) is 10.0 Å². The van der Waals surface area contributed by atoms with Crippen LogP contribution in [-0.2, 0) is 14.8 Å². The van der Waals surface area contributed by atoms with Crippen molar-refractivity contribution in [3.8, 4) is 5.75 Å². The molecule has 1 aliphatic carbocycles. The summed E-state index contributed by atoms with van der Waals surface area (Å²) in [6.45, 7) is 0. The second kappa shape index (κ2) is 8.43. The van der Waals surface area contributed by atoms with Gasteiger partial charge in [0.05, 0.1) is 12.0 Å². The average molecular weight is 388 g/mol. The van der Waals surface area contributed by atoms with Crippen LogP contribution in [0.5, 0.6) is 5.75 Å². The van der Waals surface area contributed by atoms with Crippen molar-refractivity contribution in [2.24, 2.45) is 5.92 Å². The molecule has 1 amide bonds. The second-order valence-electron chi connectivity index (χ2n) is 6.68. The van der Waals surface area contributed by atoms with Crippen LogP contribution in [0.25, 0.3) is 0 Å². The van der Waals surface area contributed by atoms with Crippen molar-refractivity contribution in [1.82, 2.24) is 0 Å². The molecule has 0 radical (unpaired) electrons. The number of sulfonamides is 1. The van der Waals surface area contributed by atoms with Gasteiger partial charge >= 0.3 is 0 Å². The molecule has 0 saturated heterocycles. The number of rotatable bonds is 6. The minimum absolute atomic E-state index is 0.0154. The van der Waals surface area contributed by atoms with Crippen molar-refractivity contribution >= 4 is 27.3 Å². The summed E-state index contributed by atoms with van der Waals surface area (Å²) >= 11 is 0. The molecular formula is C20H24N2O4S. The molecule has 2 aromatic rings. The Labute approximate surface area is 160 Å². The van der Waals surface area contributed by atoms with Crippen LogP contribution in [0.1, 0.15) is 32.1 Å². The molecule has 1 fully saturated rings. The summed E-state index contributed by atoms with van der Waals surface area (Å²) in [6, 6.07) is 12.8. The van der Waals surface area contributed by atoms with Gasteiger partial charge in [0.2, 0.25) is 5.91 Å². The van der Waals surface area contributed by atoms with E-state index in [1.165, 1.54) is 18.6 Å². The smallest absolute Gasteiger partial charge is 0.261 e. The fourth-order valence-corrected chi connectivity index (χ4v) is 4.26. The first-order valence-corrected chi connectivity index (χ1v) is 10.5. The molecule has 0 heterocycles. The number of hydrogen-bond acceptors (Lipinski definition) is 4. The van der Waals surface area contributed by atoms with Crippen LogP contribution in [-0.4, -0.2) is 21.4 Å². The highest BCUT2D eigenvalue weighted by Crippen LogP contribution is 2.25. The largest absolute Gasteiger partial charge is 0.497 e. The van der Waals surface area contributed by atoms with Gasteiger partial charge in [-0.1, -0.05) is 19.3 Å². The quantitative estimate of drug-likeness (QED) is 0.783. The standard InChI is InChI=1S/C20H24N2O4S/c1-26-18-11-7-17(8-12-18)22-27(24,25)19-13-9-16(10-14-19)21-20(23)15-5-3-2-4-6-15/h7-15,22H,2-6H2,1H3,(H,21,23). The molecule has 6 nitrogen and oxygen atoms in total. The zero-order valence-corrected chi connectivity index (χ0v) is 16.1. The van der Waals surface area contributed by atoms with Gasteiger partial charge in [-0.3, -0.25) is 9.52 Å². The number of amides is 1. The summed E-state index contributed by atoms with van der Waals surface area (Å²) in [5.74, 6) is 0.719. The first kappa shape index (κ1) is 19.2. The zero-order chi connectivity index (χ0) is 19.3. The highest BCUT2D eigenvalue weighted by Gasteiger charge is 2.21. The molecule has 0 bridgehead atoms. The van der Waals surface area contributed by atoms with E-state index >= 15 is 0 Å². The molecule has 27 heavy (non-hydrogen) atoms. The van der Waals surface area contributed by atoms with Gasteiger partial charge < -0.3 is 10.1 Å². The topological polar surface area (TPSA) is 84.5 Å². The Hall–Kier alpha value is -2.54. The number of anilines is 2. The van der Waals surface area contributed by atoms with E-state index in [0.29, 0.717) is 17.1 Å². The normalized spacial score (nSPS) is 15.1. The fraction of sp³-hybridized carbons (Fsp3) is 0.350. The Bertz CT molecular complexity index is 871. The fourth-order valence-electron chi connectivity index (χ4n) is 3.20. The van der Waals surface area contributed by atoms with E-state index in [0.717, 1.165) is 25.7 Å². The van der Waals surface area contributed by atoms with Crippen molar-refractivity contribution in [2.45, 2.75) is 37.0 Å². The predicted molar refractivity (Wildman–Crippen MR) is 105 cm³/mol. The Morgan fingerprint density at radius 1 is 0.926 bits per heavy atom. The summed E-state index contributed by atoms with van der Waals surface area (Å²) in [4.78, 5) is 12.4. The van der Waals surface area contributed by atoms with Crippen molar-refractivity contribution in [2.75, 3.05) is 17.1 Å². The van der Waals surface area contributed by atoms with Gasteiger partial charge in [0.1, 0.15) is 5.75 Å². The first-order chi connectivity index (χ1) is 13.0. The van der Waals surface area contributed by atoms with E-state index in [1.54, 1.807) is 43.5 Å². The number of benzene rings is 2. The number of carbonyl (C=O) groups excluding carboxylic acids is 1. The van der Waals surface area contributed by atoms with Crippen LogP contribution >= 0.6 is 0 Å². The van der Waals surface area contributed by atoms with Crippen molar-refractivity contribution in [1.29, 1.82) is 0 Å². The Kier molecular flexibility index (Phi) is 6.01. The summed E-state index contributed by atoms with van der Waals surface area (Å²) < 4.78 is 32.6. The maximum absolute atomic E-state index is 12.5. The maximum atomic E-state index is 12.5. The summed E-state index contributed by atoms with van der Waals surface area (Å²) in [7, 11) is -2.15. The monoisotopic (exact) mass is 388 g/mol. The zero-order valence-electron chi connectivity index (χ0n) is 15.3. The van der Waals surface area contributed by atoms with E-state index in [4.69, 9.17) is 4.74 Å². The van der Waals surface area contributed by atoms with Gasteiger partial charge in [-0.2, -0.15) is 0 Å². The second-order valence-corrected chi connectivity index (χ2v) is 8.36. The third kappa shape index (κ3) is 5.01. The van der Waals surface area contributed by atoms with Gasteiger partial charge in [0.25, 0.3) is 10.0 Å². The SMILES string of the molecule is COc1ccc(NS(=O)(=O)c2ccc(NC(=O)C3CCCCC3)cc2)cc1. The van der Waals surface area contributed by atoms with Crippen molar-refractivity contribution in [3.63, 3.8) is 0 Å². The number of ether oxygens (including phenoxy) is 1. The molecule has 0 atom stereocenters. The number of hydrogen-bond donors (Lipinski definition) is 2. The molecule has 1 aliphatic rings. The Morgan fingerprint density at radius 3 is 2.11 bits per heavy atom. The molecule has 0 spiro atoms. The van der Waals surface area contributed by atoms with Gasteiger partial charge in [0, 0.05) is 17.3 Å². The third-order valence-electron chi connectivity index (χ3n) is 4.75. The maximum Gasteiger partial charge on any atom is 0.261 e. The summed E-state index contributed by atoms with van der Waals surface area (Å²) in [5, 5.41) is 2.88. The predicted octanol–water partition coefficient (Wildman–Crippen LogP) is 4.01. The molecule has 7 heteroatoms. The lowest BCUT2D eigenvalue weighted by atomic mass is 9.88. The summed E-state index contributed by atoms with van der Waals surface area (Å²) in [5.41, 5.74) is 1.06. The van der Waals surface area contributed by atoms with E-state index in [1.807, 2.05) is 0 Å². The molecule has 2 N–H and O–H groups in total. The molecule has 144 valence electrons. The minimum Gasteiger partial charge on any atom is -0.497 e. The number of methoxy groups -OCH3 is 1. The highest BCUT2D eigenvalue weighted by molar-refractivity contribution is 7.92. The first-order valence-electron chi connectivity index (χ1n) is 9.06. The summed E-state index contributed by atoms with van der Waals surface area (Å²) in [6.07, 6.45) is 5.21. The van der Waals surface area contributed by atoms with Crippen LogP contribution < -0.4 is 14.8 Å². The van der Waals surface area contributed by atoms with Crippen LogP contribution in [0.4, 0.5) is 11.4 Å². The molecule has 0 aromatic heterocycles. The van der Waals surface area contributed by atoms with Gasteiger partial charge in [-0.15, -0.1) is 0 Å². The molecular weight excluding hydrogens is 364 g/mol. The molecule has 0 unspecified atom stereocenters. The number of carbonyl (C=O) groups is 1. The van der Waals surface area contributed by atoms with Crippen LogP contribution in [0.15, 0.2) is 53.4 Å². The van der Waals surface area contributed by atoms with Crippen molar-refractivity contribution in [3.05, 3.63) is 48.5 Å². The van der Waals surface area contributed by atoms with Crippen LogP contribution in [0.3, 0.4) is 0 Å². The Balaban J connectivity index is 1.65. The van der Waals surface area contributed by atoms with E-state index in [-0.39, 0.29) is 16.7 Å². The lowest BCUT2D eigenvalue weighted by molar-refractivity contribution is -0.120.